The van der Waals surface area contributed by atoms with Crippen LogP contribution in [0.25, 0.3) is 6.08 Å². The van der Waals surface area contributed by atoms with Crippen LogP contribution in [-0.2, 0) is 25.6 Å². The lowest BCUT2D eigenvalue weighted by Crippen LogP contribution is -2.59. The Kier molecular flexibility index (Phi) is 14.4. The predicted octanol–water partition coefficient (Wildman–Crippen LogP) is 1.94. The lowest BCUT2D eigenvalue weighted by atomic mass is 9.93. The van der Waals surface area contributed by atoms with Gasteiger partial charge >= 0.3 is 6.03 Å². The fourth-order valence-electron chi connectivity index (χ4n) is 5.60. The minimum absolute atomic E-state index is 0.0151. The normalized spacial score (nSPS) is 14.9. The molecule has 0 bridgehead atoms. The van der Waals surface area contributed by atoms with Crippen molar-refractivity contribution in [1.29, 1.82) is 5.41 Å². The van der Waals surface area contributed by atoms with E-state index < -0.39 is 53.8 Å². The van der Waals surface area contributed by atoms with Crippen molar-refractivity contribution in [3.8, 4) is 0 Å². The topological polar surface area (TPSA) is 243 Å². The first-order valence-corrected chi connectivity index (χ1v) is 17.7. The summed E-state index contributed by atoms with van der Waals surface area (Å²) in [6.07, 6.45) is 8.46. The molecule has 4 rings (SSSR count). The van der Waals surface area contributed by atoms with Crippen molar-refractivity contribution in [2.24, 2.45) is 11.5 Å². The van der Waals surface area contributed by atoms with E-state index in [9.17, 15) is 24.0 Å². The minimum atomic E-state index is -1.21. The zero-order valence-corrected chi connectivity index (χ0v) is 29.2. The molecule has 3 aromatic rings. The van der Waals surface area contributed by atoms with Gasteiger partial charge in [0.1, 0.15) is 12.1 Å². The Bertz CT molecular complexity index is 1670. The molecule has 1 aliphatic carbocycles. The molecule has 17 heteroatoms. The number of nitrogens with two attached hydrogens (primary N) is 2. The Morgan fingerprint density at radius 2 is 1.76 bits per heavy atom. The van der Waals surface area contributed by atoms with E-state index >= 15 is 0 Å². The van der Waals surface area contributed by atoms with Crippen molar-refractivity contribution in [1.82, 2.24) is 35.8 Å². The smallest absolute Gasteiger partial charge is 0.353 e. The van der Waals surface area contributed by atoms with Gasteiger partial charge in [0, 0.05) is 30.0 Å². The van der Waals surface area contributed by atoms with Gasteiger partial charge in [0.2, 0.25) is 17.7 Å². The number of imide groups is 1. The number of anilines is 1. The molecule has 1 saturated carbocycles. The van der Waals surface area contributed by atoms with Gasteiger partial charge in [0.05, 0.1) is 12.2 Å². The van der Waals surface area contributed by atoms with Crippen molar-refractivity contribution in [2.45, 2.75) is 82.5 Å². The molecule has 5 amide bonds. The van der Waals surface area contributed by atoms with Crippen molar-refractivity contribution in [3.63, 3.8) is 0 Å². The third-order valence-corrected chi connectivity index (χ3v) is 9.03. The van der Waals surface area contributed by atoms with Gasteiger partial charge in [0.15, 0.2) is 11.8 Å². The number of amides is 5. The number of aromatic nitrogens is 3. The molecule has 9 N–H and O–H groups in total. The Morgan fingerprint density at radius 1 is 1.04 bits per heavy atom. The molecule has 0 radical (unpaired) electrons. The quantitative estimate of drug-likeness (QED) is 0.0521. The van der Waals surface area contributed by atoms with Crippen LogP contribution < -0.4 is 32.7 Å². The maximum absolute atomic E-state index is 14.6. The van der Waals surface area contributed by atoms with E-state index in [-0.39, 0.29) is 31.2 Å². The highest BCUT2D eigenvalue weighted by Crippen LogP contribution is 2.25. The highest BCUT2D eigenvalue weighted by molar-refractivity contribution is 7.10. The second-order valence-corrected chi connectivity index (χ2v) is 13.2. The van der Waals surface area contributed by atoms with Crippen LogP contribution in [0.15, 0.2) is 60.1 Å². The Balaban J connectivity index is 1.59. The summed E-state index contributed by atoms with van der Waals surface area (Å²) >= 11 is 1.47. The lowest BCUT2D eigenvalue weighted by Gasteiger charge is -2.35. The summed E-state index contributed by atoms with van der Waals surface area (Å²) < 4.78 is 0.903. The van der Waals surface area contributed by atoms with Gasteiger partial charge in [-0.15, -0.1) is 16.4 Å². The number of nitrogens with zero attached hydrogens (tertiary/aromatic N) is 4. The Morgan fingerprint density at radius 3 is 2.43 bits per heavy atom. The van der Waals surface area contributed by atoms with E-state index in [4.69, 9.17) is 16.9 Å². The molecule has 0 spiro atoms. The molecule has 1 fully saturated rings. The standard InChI is InChI=1S/C34H45N11O5S/c1-22(35)30(47)39-26(15-8-18-38-33(36)37)31(48)40-27(20-23-10-4-2-5-11-23)32(49)45(24-12-6-3-7-13-24)34(50)44-21-28(42-43-44)41-29(46)17-16-25-14-9-19-51-25/h2,4-5,9-11,14,16-17,19,21-22,24,26-27H,3,6-8,12-13,15,18,20,35H2,1H3,(H,39,47)(H,40,48)(H,41,46)(H4,36,37,38)/t22-,26-,27-/m0/s1. The number of thiophene rings is 1. The summed E-state index contributed by atoms with van der Waals surface area (Å²) in [5.74, 6) is -2.55. The van der Waals surface area contributed by atoms with Gasteiger partial charge in [-0.2, -0.15) is 4.68 Å². The highest BCUT2D eigenvalue weighted by Gasteiger charge is 2.38. The summed E-state index contributed by atoms with van der Waals surface area (Å²) in [7, 11) is 0. The van der Waals surface area contributed by atoms with Crippen LogP contribution in [0.2, 0.25) is 0 Å². The second-order valence-electron chi connectivity index (χ2n) is 12.3. The third kappa shape index (κ3) is 11.9. The number of hydrogen-bond donors (Lipinski definition) is 7. The number of carbonyl (C=O) groups is 5. The molecule has 2 heterocycles. The maximum atomic E-state index is 14.6. The summed E-state index contributed by atoms with van der Waals surface area (Å²) in [5, 5.41) is 27.8. The van der Waals surface area contributed by atoms with Crippen LogP contribution in [0.3, 0.4) is 0 Å². The number of carbonyl (C=O) groups excluding carboxylic acids is 5. The molecule has 3 atom stereocenters. The maximum Gasteiger partial charge on any atom is 0.353 e. The first-order valence-electron chi connectivity index (χ1n) is 16.8. The van der Waals surface area contributed by atoms with E-state index in [1.807, 2.05) is 23.6 Å². The molecule has 16 nitrogen and oxygen atoms in total. The number of guanidine groups is 1. The summed E-state index contributed by atoms with van der Waals surface area (Å²) in [5.41, 5.74) is 11.9. The van der Waals surface area contributed by atoms with Crippen molar-refractivity contribution in [3.05, 3.63) is 70.6 Å². The predicted molar refractivity (Wildman–Crippen MR) is 193 cm³/mol. The molecule has 1 aromatic carbocycles. The largest absolute Gasteiger partial charge is 0.370 e. The van der Waals surface area contributed by atoms with E-state index in [0.29, 0.717) is 19.3 Å². The number of rotatable bonds is 15. The SMILES string of the molecule is C[C@H](N)C(=O)N[C@@H](CCCNC(=N)N)C(=O)N[C@@H](Cc1ccccc1)C(=O)N(C(=O)n1cc(NC(=O)C=Cc2cccs2)nn1)C1CCCCC1. The average molecular weight is 720 g/mol. The van der Waals surface area contributed by atoms with Gasteiger partial charge in [-0.25, -0.2) is 4.79 Å². The van der Waals surface area contributed by atoms with Crippen LogP contribution in [0.1, 0.15) is 62.3 Å². The van der Waals surface area contributed by atoms with Crippen molar-refractivity contribution < 1.29 is 24.0 Å². The van der Waals surface area contributed by atoms with Crippen molar-refractivity contribution >= 4 is 58.9 Å². The van der Waals surface area contributed by atoms with Gasteiger partial charge in [-0.05, 0) is 55.7 Å². The van der Waals surface area contributed by atoms with E-state index in [0.717, 1.165) is 39.3 Å². The van der Waals surface area contributed by atoms with Crippen LogP contribution in [0, 0.1) is 5.41 Å². The van der Waals surface area contributed by atoms with E-state index in [2.05, 4.69) is 31.6 Å². The zero-order valence-electron chi connectivity index (χ0n) is 28.4. The number of hydrogen-bond acceptors (Lipinski definition) is 10. The molecule has 272 valence electrons. The first-order chi connectivity index (χ1) is 24.5. The Labute approximate surface area is 299 Å². The lowest BCUT2D eigenvalue weighted by molar-refractivity contribution is -0.137. The Hall–Kier alpha value is -5.42. The fourth-order valence-corrected chi connectivity index (χ4v) is 6.22. The fraction of sp³-hybridized carbons (Fsp3) is 0.412. The number of nitrogens with one attached hydrogen (secondary N) is 5. The summed E-state index contributed by atoms with van der Waals surface area (Å²) in [6.45, 7) is 1.76. The average Bonchev–Trinajstić information content (AvgIpc) is 3.82. The van der Waals surface area contributed by atoms with E-state index in [1.165, 1.54) is 30.5 Å². The van der Waals surface area contributed by atoms with Crippen molar-refractivity contribution in [2.75, 3.05) is 11.9 Å². The van der Waals surface area contributed by atoms with Gasteiger partial charge in [-0.1, -0.05) is 60.9 Å². The van der Waals surface area contributed by atoms with E-state index in [1.54, 1.807) is 30.3 Å². The molecule has 0 saturated heterocycles. The third-order valence-electron chi connectivity index (χ3n) is 8.19. The summed E-state index contributed by atoms with van der Waals surface area (Å²) in [4.78, 5) is 69.6. The molecule has 2 aromatic heterocycles. The van der Waals surface area contributed by atoms with Crippen LogP contribution in [0.4, 0.5) is 10.6 Å². The monoisotopic (exact) mass is 719 g/mol. The molecule has 0 aliphatic heterocycles. The second kappa shape index (κ2) is 19.1. The van der Waals surface area contributed by atoms with Crippen LogP contribution in [-0.4, -0.2) is 86.2 Å². The van der Waals surface area contributed by atoms with Crippen LogP contribution in [0.5, 0.6) is 0 Å². The van der Waals surface area contributed by atoms with Gasteiger partial charge < -0.3 is 32.7 Å². The van der Waals surface area contributed by atoms with Gasteiger partial charge in [-0.3, -0.25) is 29.5 Å². The van der Waals surface area contributed by atoms with Gasteiger partial charge in [0.25, 0.3) is 5.91 Å². The number of benzene rings is 1. The highest BCUT2D eigenvalue weighted by atomic mass is 32.1. The molecule has 51 heavy (non-hydrogen) atoms. The van der Waals surface area contributed by atoms with Crippen LogP contribution >= 0.6 is 11.3 Å². The summed E-state index contributed by atoms with van der Waals surface area (Å²) in [6, 6.07) is 8.34. The molecule has 0 unspecified atom stereocenters. The zero-order chi connectivity index (χ0) is 36.8. The molecular formula is C34H45N11O5S. The minimum Gasteiger partial charge on any atom is -0.370 e. The molecule has 1 aliphatic rings. The molecular weight excluding hydrogens is 675 g/mol. The first kappa shape index (κ1) is 38.4.